The number of likely N-dealkylation sites (tertiary alicyclic amines) is 1. The summed E-state index contributed by atoms with van der Waals surface area (Å²) < 4.78 is 14.9. The van der Waals surface area contributed by atoms with Crippen molar-refractivity contribution in [3.05, 3.63) is 0 Å². The molecular formula is C6H12FIN2. The summed E-state index contributed by atoms with van der Waals surface area (Å²) in [5.74, 6) is 0. The van der Waals surface area contributed by atoms with Crippen molar-refractivity contribution in [2.75, 3.05) is 27.2 Å². The summed E-state index contributed by atoms with van der Waals surface area (Å²) in [6.07, 6.45) is -0.674. The van der Waals surface area contributed by atoms with E-state index in [4.69, 9.17) is 0 Å². The zero-order valence-electron chi connectivity index (χ0n) is 6.22. The van der Waals surface area contributed by atoms with Crippen molar-refractivity contribution in [1.29, 1.82) is 0 Å². The van der Waals surface area contributed by atoms with Crippen LogP contribution in [0.1, 0.15) is 0 Å². The average molecular weight is 258 g/mol. The molecule has 1 aliphatic heterocycles. The van der Waals surface area contributed by atoms with Crippen LogP contribution in [-0.4, -0.2) is 47.4 Å². The number of alkyl halides is 1. The van der Waals surface area contributed by atoms with Gasteiger partial charge in [-0.05, 0) is 14.1 Å². The van der Waals surface area contributed by atoms with Gasteiger partial charge in [-0.15, -0.1) is 0 Å². The van der Waals surface area contributed by atoms with Crippen LogP contribution in [0, 0.1) is 0 Å². The molecule has 1 unspecified atom stereocenters. The molecule has 0 spiro atoms. The van der Waals surface area contributed by atoms with Crippen molar-refractivity contribution < 1.29 is 4.39 Å². The SMILES string of the molecule is CN1CC(N(C)I)[C@H](F)C1. The van der Waals surface area contributed by atoms with Gasteiger partial charge in [0.2, 0.25) is 0 Å². The predicted molar refractivity (Wildman–Crippen MR) is 48.0 cm³/mol. The van der Waals surface area contributed by atoms with Crippen molar-refractivity contribution in [3.63, 3.8) is 0 Å². The van der Waals surface area contributed by atoms with Crippen molar-refractivity contribution in [1.82, 2.24) is 8.01 Å². The Morgan fingerprint density at radius 2 is 2.20 bits per heavy atom. The zero-order valence-corrected chi connectivity index (χ0v) is 8.38. The number of halogens is 2. The highest BCUT2D eigenvalue weighted by atomic mass is 127. The van der Waals surface area contributed by atoms with Crippen LogP contribution >= 0.6 is 22.9 Å². The Labute approximate surface area is 74.9 Å². The molecular weight excluding hydrogens is 246 g/mol. The maximum atomic E-state index is 13.0. The lowest BCUT2D eigenvalue weighted by molar-refractivity contribution is 0.266. The highest BCUT2D eigenvalue weighted by Crippen LogP contribution is 2.18. The maximum absolute atomic E-state index is 13.0. The van der Waals surface area contributed by atoms with Gasteiger partial charge in [-0.3, -0.25) is 0 Å². The lowest BCUT2D eigenvalue weighted by Crippen LogP contribution is -2.31. The first kappa shape index (κ1) is 8.67. The minimum absolute atomic E-state index is 0.0885. The molecule has 1 saturated heterocycles. The Balaban J connectivity index is 2.46. The van der Waals surface area contributed by atoms with Gasteiger partial charge in [0.1, 0.15) is 6.17 Å². The van der Waals surface area contributed by atoms with Gasteiger partial charge in [0.15, 0.2) is 0 Å². The van der Waals surface area contributed by atoms with E-state index in [1.165, 1.54) is 0 Å². The van der Waals surface area contributed by atoms with Crippen LogP contribution < -0.4 is 0 Å². The highest BCUT2D eigenvalue weighted by Gasteiger charge is 2.32. The maximum Gasteiger partial charge on any atom is 0.130 e. The molecule has 1 fully saturated rings. The van der Waals surface area contributed by atoms with Gasteiger partial charge in [-0.1, -0.05) is 0 Å². The van der Waals surface area contributed by atoms with Gasteiger partial charge < -0.3 is 4.90 Å². The molecule has 0 amide bonds. The molecule has 0 bridgehead atoms. The Hall–Kier alpha value is 0.580. The molecule has 0 aromatic rings. The molecule has 0 saturated carbocycles. The summed E-state index contributed by atoms with van der Waals surface area (Å²) >= 11 is 2.14. The standard InChI is InChI=1S/C6H12FIN2/c1-9-3-5(7)6(4-9)10(2)8/h5-6H,3-4H2,1-2H3/t5-,6?/m1/s1. The van der Waals surface area contributed by atoms with E-state index in [1.807, 2.05) is 22.1 Å². The Morgan fingerprint density at radius 3 is 2.40 bits per heavy atom. The molecule has 60 valence electrons. The monoisotopic (exact) mass is 258 g/mol. The van der Waals surface area contributed by atoms with E-state index in [9.17, 15) is 4.39 Å². The third-order valence-electron chi connectivity index (χ3n) is 1.86. The molecule has 4 heteroatoms. The minimum Gasteiger partial charge on any atom is -0.302 e. The molecule has 1 rings (SSSR count). The third kappa shape index (κ3) is 1.79. The average Bonchev–Trinajstić information content (AvgIpc) is 2.10. The van der Waals surface area contributed by atoms with Crippen molar-refractivity contribution in [3.8, 4) is 0 Å². The van der Waals surface area contributed by atoms with Gasteiger partial charge in [0.25, 0.3) is 0 Å². The summed E-state index contributed by atoms with van der Waals surface area (Å²) in [6, 6.07) is 0.0885. The largest absolute Gasteiger partial charge is 0.302 e. The summed E-state index contributed by atoms with van der Waals surface area (Å²) in [4.78, 5) is 2.02. The second-order valence-corrected chi connectivity index (χ2v) is 4.35. The van der Waals surface area contributed by atoms with Gasteiger partial charge in [-0.25, -0.2) is 7.50 Å². The first-order chi connectivity index (χ1) is 4.61. The van der Waals surface area contributed by atoms with Crippen molar-refractivity contribution >= 4 is 22.9 Å². The fraction of sp³-hybridized carbons (Fsp3) is 1.00. The van der Waals surface area contributed by atoms with Gasteiger partial charge in [0, 0.05) is 36.0 Å². The van der Waals surface area contributed by atoms with E-state index in [2.05, 4.69) is 22.9 Å². The fourth-order valence-corrected chi connectivity index (χ4v) is 1.79. The zero-order chi connectivity index (χ0) is 7.72. The van der Waals surface area contributed by atoms with E-state index in [1.54, 1.807) is 0 Å². The number of nitrogens with zero attached hydrogens (tertiary/aromatic N) is 2. The van der Waals surface area contributed by atoms with Crippen LogP contribution in [0.3, 0.4) is 0 Å². The number of hydrogen-bond donors (Lipinski definition) is 0. The lowest BCUT2D eigenvalue weighted by Gasteiger charge is -2.17. The molecule has 10 heavy (non-hydrogen) atoms. The van der Waals surface area contributed by atoms with Crippen LogP contribution in [0.2, 0.25) is 0 Å². The topological polar surface area (TPSA) is 6.48 Å². The Bertz CT molecular complexity index is 120. The van der Waals surface area contributed by atoms with Crippen molar-refractivity contribution in [2.45, 2.75) is 12.2 Å². The molecule has 1 aliphatic rings. The smallest absolute Gasteiger partial charge is 0.130 e. The van der Waals surface area contributed by atoms with Crippen LogP contribution in [0.15, 0.2) is 0 Å². The van der Waals surface area contributed by atoms with E-state index in [0.29, 0.717) is 6.54 Å². The van der Waals surface area contributed by atoms with Gasteiger partial charge >= 0.3 is 0 Å². The van der Waals surface area contributed by atoms with Gasteiger partial charge in [0.05, 0.1) is 6.04 Å². The normalized spacial score (nSPS) is 35.7. The number of rotatable bonds is 1. The molecule has 0 aromatic heterocycles. The third-order valence-corrected chi connectivity index (χ3v) is 2.57. The van der Waals surface area contributed by atoms with E-state index in [-0.39, 0.29) is 6.04 Å². The quantitative estimate of drug-likeness (QED) is 0.509. The highest BCUT2D eigenvalue weighted by molar-refractivity contribution is 14.1. The van der Waals surface area contributed by atoms with E-state index < -0.39 is 6.17 Å². The Morgan fingerprint density at radius 1 is 1.60 bits per heavy atom. The molecule has 0 aromatic carbocycles. The molecule has 0 N–H and O–H groups in total. The summed E-state index contributed by atoms with van der Waals surface area (Å²) in [5, 5.41) is 0. The van der Waals surface area contributed by atoms with Gasteiger partial charge in [-0.2, -0.15) is 0 Å². The lowest BCUT2D eigenvalue weighted by atomic mass is 10.2. The summed E-state index contributed by atoms with van der Waals surface area (Å²) in [6.45, 7) is 1.43. The second kappa shape index (κ2) is 3.32. The summed E-state index contributed by atoms with van der Waals surface area (Å²) in [5.41, 5.74) is 0. The van der Waals surface area contributed by atoms with E-state index in [0.717, 1.165) is 6.54 Å². The van der Waals surface area contributed by atoms with Crippen LogP contribution in [0.5, 0.6) is 0 Å². The molecule has 2 atom stereocenters. The van der Waals surface area contributed by atoms with Crippen LogP contribution in [0.25, 0.3) is 0 Å². The summed E-state index contributed by atoms with van der Waals surface area (Å²) in [7, 11) is 3.86. The van der Waals surface area contributed by atoms with Crippen LogP contribution in [0.4, 0.5) is 4.39 Å². The molecule has 0 aliphatic carbocycles. The second-order valence-electron chi connectivity index (χ2n) is 2.83. The molecule has 0 radical (unpaired) electrons. The fourth-order valence-electron chi connectivity index (χ4n) is 1.26. The molecule has 2 nitrogen and oxygen atoms in total. The minimum atomic E-state index is -0.674. The Kier molecular flexibility index (Phi) is 2.88. The van der Waals surface area contributed by atoms with Crippen LogP contribution in [-0.2, 0) is 0 Å². The first-order valence-corrected chi connectivity index (χ1v) is 4.29. The number of likely N-dealkylation sites (N-methyl/N-ethyl adjacent to an activating group) is 2. The first-order valence-electron chi connectivity index (χ1n) is 3.32. The van der Waals surface area contributed by atoms with E-state index >= 15 is 0 Å². The number of hydrogen-bond acceptors (Lipinski definition) is 2. The molecule has 1 heterocycles. The van der Waals surface area contributed by atoms with Crippen molar-refractivity contribution in [2.24, 2.45) is 0 Å². The predicted octanol–water partition coefficient (Wildman–Crippen LogP) is 0.920.